The van der Waals surface area contributed by atoms with Crippen LogP contribution in [-0.4, -0.2) is 36.6 Å². The fourth-order valence-electron chi connectivity index (χ4n) is 3.01. The van der Waals surface area contributed by atoms with Crippen LogP contribution in [0.4, 0.5) is 0 Å². The van der Waals surface area contributed by atoms with E-state index in [1.165, 1.54) is 0 Å². The van der Waals surface area contributed by atoms with Crippen LogP contribution in [0.3, 0.4) is 0 Å². The van der Waals surface area contributed by atoms with Crippen molar-refractivity contribution in [2.45, 2.75) is 18.9 Å². The van der Waals surface area contributed by atoms with Crippen molar-refractivity contribution in [2.75, 3.05) is 19.6 Å². The lowest BCUT2D eigenvalue weighted by Crippen LogP contribution is -2.51. The van der Waals surface area contributed by atoms with E-state index < -0.39 is 0 Å². The van der Waals surface area contributed by atoms with Crippen LogP contribution in [-0.2, 0) is 9.53 Å². The first kappa shape index (κ1) is 12.4. The Hall–Kier alpha value is -1.61. The van der Waals surface area contributed by atoms with E-state index in [0.29, 0.717) is 11.5 Å². The van der Waals surface area contributed by atoms with E-state index in [1.54, 1.807) is 0 Å². The molecule has 0 radical (unpaired) electrons. The standard InChI is InChI=1S/C16H19NO2/c1-12(13-5-3-2-4-6-13)16(18)19-15-11-17-9-7-14(15)8-10-17/h2-6,14-15H,1,7-11H2/t15-/m0/s1. The van der Waals surface area contributed by atoms with Gasteiger partial charge in [0.05, 0.1) is 5.57 Å². The first-order valence-electron chi connectivity index (χ1n) is 6.91. The summed E-state index contributed by atoms with van der Waals surface area (Å²) in [5.74, 6) is 0.266. The van der Waals surface area contributed by atoms with E-state index in [4.69, 9.17) is 4.74 Å². The van der Waals surface area contributed by atoms with E-state index in [-0.39, 0.29) is 12.1 Å². The molecule has 0 N–H and O–H groups in total. The summed E-state index contributed by atoms with van der Waals surface area (Å²) in [4.78, 5) is 14.5. The fraction of sp³-hybridized carbons (Fsp3) is 0.438. The predicted octanol–water partition coefficient (Wildman–Crippen LogP) is 2.34. The fourth-order valence-corrected chi connectivity index (χ4v) is 3.01. The van der Waals surface area contributed by atoms with E-state index in [0.717, 1.165) is 38.0 Å². The lowest BCUT2D eigenvalue weighted by Gasteiger charge is -2.43. The van der Waals surface area contributed by atoms with Crippen LogP contribution in [0.2, 0.25) is 0 Å². The van der Waals surface area contributed by atoms with E-state index >= 15 is 0 Å². The molecular weight excluding hydrogens is 238 g/mol. The molecule has 3 aliphatic heterocycles. The minimum atomic E-state index is -0.273. The highest BCUT2D eigenvalue weighted by atomic mass is 16.5. The zero-order chi connectivity index (χ0) is 13.2. The van der Waals surface area contributed by atoms with Gasteiger partial charge in [0, 0.05) is 6.54 Å². The van der Waals surface area contributed by atoms with Gasteiger partial charge in [0.15, 0.2) is 0 Å². The Labute approximate surface area is 113 Å². The van der Waals surface area contributed by atoms with Crippen molar-refractivity contribution in [1.82, 2.24) is 4.90 Å². The summed E-state index contributed by atoms with van der Waals surface area (Å²) in [6.07, 6.45) is 2.35. The van der Waals surface area contributed by atoms with Crippen molar-refractivity contribution in [3.8, 4) is 0 Å². The third-order valence-electron chi connectivity index (χ3n) is 4.22. The number of piperidine rings is 3. The number of fused-ring (bicyclic) bond motifs is 3. The van der Waals surface area contributed by atoms with Gasteiger partial charge in [-0.15, -0.1) is 0 Å². The average Bonchev–Trinajstić information content (AvgIpc) is 2.48. The Morgan fingerprint density at radius 2 is 1.89 bits per heavy atom. The van der Waals surface area contributed by atoms with Gasteiger partial charge in [-0.1, -0.05) is 36.9 Å². The Morgan fingerprint density at radius 1 is 1.21 bits per heavy atom. The van der Waals surface area contributed by atoms with Crippen molar-refractivity contribution in [2.24, 2.45) is 5.92 Å². The molecule has 1 aromatic carbocycles. The molecule has 2 bridgehead atoms. The minimum Gasteiger partial charge on any atom is -0.457 e. The van der Waals surface area contributed by atoms with Crippen molar-refractivity contribution in [3.63, 3.8) is 0 Å². The Balaban J connectivity index is 1.64. The molecule has 100 valence electrons. The van der Waals surface area contributed by atoms with Gasteiger partial charge in [-0.05, 0) is 37.4 Å². The second-order valence-corrected chi connectivity index (χ2v) is 5.43. The molecule has 0 aromatic heterocycles. The molecule has 4 rings (SSSR count). The van der Waals surface area contributed by atoms with Crippen LogP contribution in [0.15, 0.2) is 36.9 Å². The second kappa shape index (κ2) is 5.17. The molecule has 3 fully saturated rings. The third-order valence-corrected chi connectivity index (χ3v) is 4.22. The molecule has 3 heteroatoms. The number of hydrogen-bond acceptors (Lipinski definition) is 3. The highest BCUT2D eigenvalue weighted by molar-refractivity contribution is 6.15. The van der Waals surface area contributed by atoms with Gasteiger partial charge in [-0.2, -0.15) is 0 Å². The number of esters is 1. The minimum absolute atomic E-state index is 0.0514. The third kappa shape index (κ3) is 2.56. The zero-order valence-electron chi connectivity index (χ0n) is 11.0. The van der Waals surface area contributed by atoms with Crippen molar-refractivity contribution in [1.29, 1.82) is 0 Å². The van der Waals surface area contributed by atoms with Crippen LogP contribution in [0.1, 0.15) is 18.4 Å². The molecule has 3 saturated heterocycles. The maximum Gasteiger partial charge on any atom is 0.338 e. The van der Waals surface area contributed by atoms with Gasteiger partial charge in [-0.3, -0.25) is 4.90 Å². The molecular formula is C16H19NO2. The number of hydrogen-bond donors (Lipinski definition) is 0. The van der Waals surface area contributed by atoms with Gasteiger partial charge in [0.2, 0.25) is 0 Å². The first-order chi connectivity index (χ1) is 9.24. The number of nitrogens with zero attached hydrogens (tertiary/aromatic N) is 1. The molecule has 0 amide bonds. The maximum absolute atomic E-state index is 12.1. The zero-order valence-corrected chi connectivity index (χ0v) is 11.0. The summed E-state index contributed by atoms with van der Waals surface area (Å²) >= 11 is 0. The van der Waals surface area contributed by atoms with Crippen LogP contribution in [0.25, 0.3) is 5.57 Å². The SMILES string of the molecule is C=C(C(=O)O[C@H]1CN2CCC1CC2)c1ccccc1. The largest absolute Gasteiger partial charge is 0.457 e. The van der Waals surface area contributed by atoms with Crippen LogP contribution in [0.5, 0.6) is 0 Å². The summed E-state index contributed by atoms with van der Waals surface area (Å²) in [6, 6.07) is 9.51. The molecule has 3 aliphatic rings. The maximum atomic E-state index is 12.1. The number of rotatable bonds is 3. The van der Waals surface area contributed by atoms with Crippen LogP contribution in [0, 0.1) is 5.92 Å². The summed E-state index contributed by atoms with van der Waals surface area (Å²) in [5.41, 5.74) is 1.30. The van der Waals surface area contributed by atoms with E-state index in [9.17, 15) is 4.79 Å². The summed E-state index contributed by atoms with van der Waals surface area (Å²) in [6.45, 7) is 7.05. The monoisotopic (exact) mass is 257 g/mol. The quantitative estimate of drug-likeness (QED) is 0.615. The van der Waals surface area contributed by atoms with Crippen LogP contribution < -0.4 is 0 Å². The highest BCUT2D eigenvalue weighted by Crippen LogP contribution is 2.30. The molecule has 0 spiro atoms. The molecule has 0 aliphatic carbocycles. The second-order valence-electron chi connectivity index (χ2n) is 5.43. The van der Waals surface area contributed by atoms with Gasteiger partial charge in [0.1, 0.15) is 6.10 Å². The molecule has 1 aromatic rings. The lowest BCUT2D eigenvalue weighted by molar-refractivity contribution is -0.151. The normalized spacial score (nSPS) is 28.9. The number of carbonyl (C=O) groups excluding carboxylic acids is 1. The van der Waals surface area contributed by atoms with Gasteiger partial charge in [0.25, 0.3) is 0 Å². The molecule has 0 unspecified atom stereocenters. The van der Waals surface area contributed by atoms with Crippen molar-refractivity contribution >= 4 is 11.5 Å². The summed E-state index contributed by atoms with van der Waals surface area (Å²) < 4.78 is 5.66. The van der Waals surface area contributed by atoms with Gasteiger partial charge in [-0.25, -0.2) is 4.79 Å². The highest BCUT2D eigenvalue weighted by Gasteiger charge is 2.36. The Morgan fingerprint density at radius 3 is 2.47 bits per heavy atom. The molecule has 1 atom stereocenters. The predicted molar refractivity (Wildman–Crippen MR) is 74.5 cm³/mol. The average molecular weight is 257 g/mol. The summed E-state index contributed by atoms with van der Waals surface area (Å²) in [7, 11) is 0. The lowest BCUT2D eigenvalue weighted by atomic mass is 9.86. The van der Waals surface area contributed by atoms with E-state index in [2.05, 4.69) is 11.5 Å². The number of carbonyl (C=O) groups is 1. The smallest absolute Gasteiger partial charge is 0.338 e. The molecule has 3 heterocycles. The van der Waals surface area contributed by atoms with Crippen molar-refractivity contribution in [3.05, 3.63) is 42.5 Å². The number of benzene rings is 1. The Bertz CT molecular complexity index is 475. The molecule has 0 saturated carbocycles. The number of ether oxygens (including phenoxy) is 1. The molecule has 19 heavy (non-hydrogen) atoms. The Kier molecular flexibility index (Phi) is 3.38. The van der Waals surface area contributed by atoms with Gasteiger partial charge < -0.3 is 4.74 Å². The first-order valence-corrected chi connectivity index (χ1v) is 6.91. The topological polar surface area (TPSA) is 29.5 Å². The van der Waals surface area contributed by atoms with Crippen molar-refractivity contribution < 1.29 is 9.53 Å². The van der Waals surface area contributed by atoms with E-state index in [1.807, 2.05) is 30.3 Å². The van der Waals surface area contributed by atoms with Crippen LogP contribution >= 0.6 is 0 Å². The van der Waals surface area contributed by atoms with Gasteiger partial charge >= 0.3 is 5.97 Å². The summed E-state index contributed by atoms with van der Waals surface area (Å²) in [5, 5.41) is 0. The molecule has 3 nitrogen and oxygen atoms in total.